The molecule has 0 unspecified atom stereocenters. The average molecular weight is 430 g/mol. The molecule has 0 aliphatic heterocycles. The van der Waals surface area contributed by atoms with E-state index in [0.29, 0.717) is 12.1 Å². The molecule has 0 aliphatic rings. The van der Waals surface area contributed by atoms with Gasteiger partial charge in [-0.05, 0) is 41.4 Å². The number of nitrogens with zero attached hydrogens (tertiary/aromatic N) is 2. The van der Waals surface area contributed by atoms with Gasteiger partial charge in [-0.1, -0.05) is 25.1 Å². The number of ether oxygens (including phenoxy) is 2. The normalized spacial score (nSPS) is 11.8. The van der Waals surface area contributed by atoms with Crippen LogP contribution >= 0.6 is 15.9 Å². The summed E-state index contributed by atoms with van der Waals surface area (Å²) >= 11 is 3.40. The molecule has 7 heteroatoms. The molecule has 140 valence electrons. The van der Waals surface area contributed by atoms with Gasteiger partial charge < -0.3 is 14.8 Å². The number of hydrogen-bond donors (Lipinski definition) is 1. The van der Waals surface area contributed by atoms with E-state index in [1.54, 1.807) is 24.5 Å². The van der Waals surface area contributed by atoms with E-state index in [0.717, 1.165) is 27.6 Å². The molecule has 27 heavy (non-hydrogen) atoms. The van der Waals surface area contributed by atoms with Crippen LogP contribution in [0.25, 0.3) is 10.9 Å². The number of nitrogens with one attached hydrogen (secondary N) is 1. The van der Waals surface area contributed by atoms with Crippen molar-refractivity contribution in [1.82, 2.24) is 15.3 Å². The zero-order valence-corrected chi connectivity index (χ0v) is 16.7. The second kappa shape index (κ2) is 8.81. The van der Waals surface area contributed by atoms with Crippen LogP contribution in [0.4, 0.5) is 4.79 Å². The smallest absolute Gasteiger partial charge is 0.414 e. The summed E-state index contributed by atoms with van der Waals surface area (Å²) in [5.74, 6) is 0.975. The standard InChI is InChI=1S/C20H20BrN3O3/c1-3-13(2)26-17-7-5-4-6-14(17)11-23-20(25)27-18-9-8-15-10-22-12-16(21)19(15)24-18/h4-10,12-13H,3,11H2,1-2H3,(H,23,25)/t13-/m0/s1. The van der Waals surface area contributed by atoms with Crippen molar-refractivity contribution >= 4 is 32.9 Å². The van der Waals surface area contributed by atoms with Gasteiger partial charge in [0, 0.05) is 36.0 Å². The Hall–Kier alpha value is -2.67. The maximum absolute atomic E-state index is 12.2. The highest BCUT2D eigenvalue weighted by Gasteiger charge is 2.11. The lowest BCUT2D eigenvalue weighted by Gasteiger charge is -2.16. The van der Waals surface area contributed by atoms with Gasteiger partial charge in [0.05, 0.1) is 16.1 Å². The first kappa shape index (κ1) is 19.1. The van der Waals surface area contributed by atoms with Gasteiger partial charge in [0.15, 0.2) is 0 Å². The molecule has 2 heterocycles. The van der Waals surface area contributed by atoms with Crippen LogP contribution in [-0.4, -0.2) is 22.2 Å². The van der Waals surface area contributed by atoms with Crippen molar-refractivity contribution in [1.29, 1.82) is 0 Å². The predicted molar refractivity (Wildman–Crippen MR) is 107 cm³/mol. The molecule has 3 rings (SSSR count). The molecule has 1 N–H and O–H groups in total. The molecule has 1 amide bonds. The van der Waals surface area contributed by atoms with Gasteiger partial charge in [-0.15, -0.1) is 0 Å². The third-order valence-corrected chi connectivity index (χ3v) is 4.61. The van der Waals surface area contributed by atoms with Gasteiger partial charge in [0.1, 0.15) is 5.75 Å². The van der Waals surface area contributed by atoms with E-state index in [1.165, 1.54) is 0 Å². The number of fused-ring (bicyclic) bond motifs is 1. The molecule has 6 nitrogen and oxygen atoms in total. The molecule has 0 aliphatic carbocycles. The minimum absolute atomic E-state index is 0.104. The number of benzene rings is 1. The van der Waals surface area contributed by atoms with E-state index in [2.05, 4.69) is 38.1 Å². The minimum Gasteiger partial charge on any atom is -0.490 e. The van der Waals surface area contributed by atoms with Gasteiger partial charge >= 0.3 is 6.09 Å². The fourth-order valence-corrected chi connectivity index (χ4v) is 2.85. The molecular weight excluding hydrogens is 410 g/mol. The molecule has 0 radical (unpaired) electrons. The number of carbonyl (C=O) groups is 1. The Morgan fingerprint density at radius 3 is 2.85 bits per heavy atom. The fraction of sp³-hybridized carbons (Fsp3) is 0.250. The summed E-state index contributed by atoms with van der Waals surface area (Å²) in [6, 6.07) is 11.1. The summed E-state index contributed by atoms with van der Waals surface area (Å²) in [5.41, 5.74) is 1.57. The zero-order valence-electron chi connectivity index (χ0n) is 15.1. The Morgan fingerprint density at radius 1 is 1.22 bits per heavy atom. The summed E-state index contributed by atoms with van der Waals surface area (Å²) in [7, 11) is 0. The molecule has 1 aromatic carbocycles. The van der Waals surface area contributed by atoms with Gasteiger partial charge in [0.25, 0.3) is 0 Å². The second-order valence-electron chi connectivity index (χ2n) is 6.03. The Labute approximate surface area is 166 Å². The van der Waals surface area contributed by atoms with Crippen molar-refractivity contribution in [3.05, 3.63) is 58.8 Å². The van der Waals surface area contributed by atoms with Crippen molar-refractivity contribution in [2.24, 2.45) is 0 Å². The van der Waals surface area contributed by atoms with Crippen molar-refractivity contribution < 1.29 is 14.3 Å². The second-order valence-corrected chi connectivity index (χ2v) is 6.88. The first-order valence-electron chi connectivity index (χ1n) is 8.67. The van der Waals surface area contributed by atoms with Crippen molar-refractivity contribution in [2.45, 2.75) is 32.9 Å². The lowest BCUT2D eigenvalue weighted by molar-refractivity contribution is 0.197. The monoisotopic (exact) mass is 429 g/mol. The number of pyridine rings is 2. The minimum atomic E-state index is -0.578. The van der Waals surface area contributed by atoms with Crippen molar-refractivity contribution in [2.75, 3.05) is 0 Å². The number of amides is 1. The fourth-order valence-electron chi connectivity index (χ4n) is 2.41. The maximum Gasteiger partial charge on any atom is 0.414 e. The van der Waals surface area contributed by atoms with Gasteiger partial charge in [-0.25, -0.2) is 9.78 Å². The van der Waals surface area contributed by atoms with E-state index in [-0.39, 0.29) is 12.0 Å². The summed E-state index contributed by atoms with van der Waals surface area (Å²) in [6.07, 6.45) is 3.78. The van der Waals surface area contributed by atoms with Gasteiger partial charge in [-0.2, -0.15) is 0 Å². The van der Waals surface area contributed by atoms with Crippen LogP contribution in [0.5, 0.6) is 11.6 Å². The number of aromatic nitrogens is 2. The highest BCUT2D eigenvalue weighted by Crippen LogP contribution is 2.23. The Kier molecular flexibility index (Phi) is 6.24. The molecule has 2 aromatic heterocycles. The van der Waals surface area contributed by atoms with E-state index < -0.39 is 6.09 Å². The Bertz CT molecular complexity index is 949. The summed E-state index contributed by atoms with van der Waals surface area (Å²) in [6.45, 7) is 4.37. The number of rotatable bonds is 6. The number of hydrogen-bond acceptors (Lipinski definition) is 5. The highest BCUT2D eigenvalue weighted by molar-refractivity contribution is 9.10. The average Bonchev–Trinajstić information content (AvgIpc) is 2.68. The van der Waals surface area contributed by atoms with E-state index >= 15 is 0 Å². The molecular formula is C20H20BrN3O3. The first-order chi connectivity index (χ1) is 13.1. The SMILES string of the molecule is CC[C@H](C)Oc1ccccc1CNC(=O)Oc1ccc2cncc(Br)c2n1. The third-order valence-electron chi connectivity index (χ3n) is 4.02. The molecule has 0 spiro atoms. The lowest BCUT2D eigenvalue weighted by Crippen LogP contribution is -2.27. The summed E-state index contributed by atoms with van der Waals surface area (Å²) in [5, 5.41) is 3.59. The van der Waals surface area contributed by atoms with Crippen LogP contribution in [-0.2, 0) is 6.54 Å². The lowest BCUT2D eigenvalue weighted by atomic mass is 10.2. The quantitative estimate of drug-likeness (QED) is 0.605. The maximum atomic E-state index is 12.2. The zero-order chi connectivity index (χ0) is 19.2. The molecule has 0 saturated carbocycles. The summed E-state index contributed by atoms with van der Waals surface area (Å²) < 4.78 is 11.9. The van der Waals surface area contributed by atoms with Crippen molar-refractivity contribution in [3.8, 4) is 11.6 Å². The van der Waals surface area contributed by atoms with E-state index in [4.69, 9.17) is 9.47 Å². The van der Waals surface area contributed by atoms with E-state index in [1.807, 2.05) is 31.2 Å². The van der Waals surface area contributed by atoms with Crippen LogP contribution in [0.1, 0.15) is 25.8 Å². The molecule has 1 atom stereocenters. The Balaban J connectivity index is 1.64. The van der Waals surface area contributed by atoms with Crippen LogP contribution in [0.3, 0.4) is 0 Å². The van der Waals surface area contributed by atoms with Gasteiger partial charge in [-0.3, -0.25) is 4.98 Å². The predicted octanol–water partition coefficient (Wildman–Crippen LogP) is 4.86. The largest absolute Gasteiger partial charge is 0.490 e. The van der Waals surface area contributed by atoms with E-state index in [9.17, 15) is 4.79 Å². The molecule has 3 aromatic rings. The highest BCUT2D eigenvalue weighted by atomic mass is 79.9. The topological polar surface area (TPSA) is 73.3 Å². The number of para-hydroxylation sites is 1. The van der Waals surface area contributed by atoms with Crippen LogP contribution in [0.2, 0.25) is 0 Å². The number of halogens is 1. The van der Waals surface area contributed by atoms with Crippen LogP contribution < -0.4 is 14.8 Å². The molecule has 0 bridgehead atoms. The number of carbonyl (C=O) groups excluding carboxylic acids is 1. The van der Waals surface area contributed by atoms with Crippen LogP contribution in [0.15, 0.2) is 53.3 Å². The molecule has 0 fully saturated rings. The van der Waals surface area contributed by atoms with Gasteiger partial charge in [0.2, 0.25) is 5.88 Å². The summed E-state index contributed by atoms with van der Waals surface area (Å²) in [4.78, 5) is 20.6. The molecule has 0 saturated heterocycles. The van der Waals surface area contributed by atoms with Crippen molar-refractivity contribution in [3.63, 3.8) is 0 Å². The first-order valence-corrected chi connectivity index (χ1v) is 9.46. The van der Waals surface area contributed by atoms with Crippen LogP contribution in [0, 0.1) is 0 Å². The Morgan fingerprint density at radius 2 is 2.04 bits per heavy atom. The third kappa shape index (κ3) is 4.95.